The van der Waals surface area contributed by atoms with E-state index in [9.17, 15) is 9.59 Å². The number of carbonyl (C=O) groups excluding carboxylic acids is 1. The molecule has 0 aliphatic carbocycles. The van der Waals surface area contributed by atoms with Crippen LogP contribution < -0.4 is 19.6 Å². The minimum Gasteiger partial charge on any atom is -0.493 e. The van der Waals surface area contributed by atoms with Gasteiger partial charge in [0.15, 0.2) is 4.80 Å². The summed E-state index contributed by atoms with van der Waals surface area (Å²) in [5.41, 5.74) is 2.37. The number of thiazole rings is 1. The molecule has 0 saturated heterocycles. The van der Waals surface area contributed by atoms with E-state index < -0.39 is 12.0 Å². The van der Waals surface area contributed by atoms with Gasteiger partial charge in [-0.1, -0.05) is 59.9 Å². The average molecular weight is 449 g/mol. The lowest BCUT2D eigenvalue weighted by molar-refractivity contribution is -0.139. The minimum absolute atomic E-state index is 0.205. The molecule has 164 valence electrons. The molecule has 3 aromatic rings. The monoisotopic (exact) mass is 448 g/mol. The number of carbonyl (C=O) groups is 1. The maximum Gasteiger partial charge on any atom is 0.338 e. The van der Waals surface area contributed by atoms with Crippen molar-refractivity contribution < 1.29 is 14.3 Å². The highest BCUT2D eigenvalue weighted by atomic mass is 32.1. The first-order valence-electron chi connectivity index (χ1n) is 10.5. The van der Waals surface area contributed by atoms with Gasteiger partial charge in [-0.2, -0.15) is 0 Å². The number of allylic oxidation sites excluding steroid dienone is 1. The number of benzene rings is 2. The first-order valence-corrected chi connectivity index (χ1v) is 11.3. The summed E-state index contributed by atoms with van der Waals surface area (Å²) in [5.74, 6) is 0.252. The molecule has 0 N–H and O–H groups in total. The number of aromatic nitrogens is 1. The van der Waals surface area contributed by atoms with Gasteiger partial charge in [0, 0.05) is 5.56 Å². The first-order chi connectivity index (χ1) is 15.5. The van der Waals surface area contributed by atoms with Crippen LogP contribution in [-0.4, -0.2) is 23.8 Å². The third kappa shape index (κ3) is 4.03. The highest BCUT2D eigenvalue weighted by Crippen LogP contribution is 2.30. The molecule has 2 aromatic carbocycles. The van der Waals surface area contributed by atoms with Crippen molar-refractivity contribution in [1.29, 1.82) is 0 Å². The van der Waals surface area contributed by atoms with Gasteiger partial charge in [-0.3, -0.25) is 9.36 Å². The SMILES string of the molecule is CCOC(=O)C1=C(C)N=c2s/c(=C\c3ccccc3OCC)c(=O)n2[C@@H]1c1ccccc1. The van der Waals surface area contributed by atoms with Gasteiger partial charge in [-0.05, 0) is 38.5 Å². The van der Waals surface area contributed by atoms with Crippen LogP contribution in [0.4, 0.5) is 0 Å². The Hall–Kier alpha value is -3.45. The van der Waals surface area contributed by atoms with E-state index in [1.807, 2.05) is 67.6 Å². The summed E-state index contributed by atoms with van der Waals surface area (Å²) >= 11 is 1.30. The lowest BCUT2D eigenvalue weighted by Crippen LogP contribution is -2.39. The van der Waals surface area contributed by atoms with Gasteiger partial charge in [0.1, 0.15) is 5.75 Å². The molecule has 1 aliphatic heterocycles. The molecule has 4 rings (SSSR count). The molecule has 1 aliphatic rings. The molecule has 0 spiro atoms. The summed E-state index contributed by atoms with van der Waals surface area (Å²) in [6, 6.07) is 16.5. The number of hydrogen-bond donors (Lipinski definition) is 0. The van der Waals surface area contributed by atoms with Crippen LogP contribution >= 0.6 is 11.3 Å². The normalized spacial score (nSPS) is 15.8. The Morgan fingerprint density at radius 2 is 1.81 bits per heavy atom. The number of nitrogens with zero attached hydrogens (tertiary/aromatic N) is 2. The molecule has 0 saturated carbocycles. The van der Waals surface area contributed by atoms with Crippen molar-refractivity contribution in [2.75, 3.05) is 13.2 Å². The molecular weight excluding hydrogens is 424 g/mol. The fourth-order valence-corrected chi connectivity index (χ4v) is 4.81. The zero-order valence-corrected chi connectivity index (χ0v) is 19.0. The van der Waals surface area contributed by atoms with Crippen LogP contribution in [-0.2, 0) is 9.53 Å². The number of para-hydroxylation sites is 1. The van der Waals surface area contributed by atoms with Crippen molar-refractivity contribution in [1.82, 2.24) is 4.57 Å². The number of esters is 1. The van der Waals surface area contributed by atoms with Gasteiger partial charge in [-0.25, -0.2) is 9.79 Å². The van der Waals surface area contributed by atoms with Crippen LogP contribution in [0.15, 0.2) is 75.7 Å². The molecule has 1 aromatic heterocycles. The average Bonchev–Trinajstić information content (AvgIpc) is 3.09. The molecule has 1 atom stereocenters. The van der Waals surface area contributed by atoms with Crippen molar-refractivity contribution in [3.63, 3.8) is 0 Å². The van der Waals surface area contributed by atoms with E-state index in [0.717, 1.165) is 11.1 Å². The molecule has 32 heavy (non-hydrogen) atoms. The Morgan fingerprint density at radius 1 is 1.09 bits per heavy atom. The van der Waals surface area contributed by atoms with Crippen LogP contribution in [0, 0.1) is 0 Å². The number of fused-ring (bicyclic) bond motifs is 1. The Kier molecular flexibility index (Phi) is 6.37. The van der Waals surface area contributed by atoms with Crippen molar-refractivity contribution in [2.45, 2.75) is 26.8 Å². The minimum atomic E-state index is -0.601. The predicted molar refractivity (Wildman–Crippen MR) is 124 cm³/mol. The zero-order valence-electron chi connectivity index (χ0n) is 18.2. The molecule has 0 fully saturated rings. The Bertz CT molecular complexity index is 1350. The summed E-state index contributed by atoms with van der Waals surface area (Å²) in [7, 11) is 0. The van der Waals surface area contributed by atoms with E-state index in [1.54, 1.807) is 18.4 Å². The van der Waals surface area contributed by atoms with Crippen LogP contribution in [0.2, 0.25) is 0 Å². The molecule has 0 amide bonds. The van der Waals surface area contributed by atoms with E-state index in [4.69, 9.17) is 9.47 Å². The van der Waals surface area contributed by atoms with Crippen molar-refractivity contribution in [3.05, 3.63) is 96.7 Å². The molecular formula is C25H24N2O4S. The van der Waals surface area contributed by atoms with Crippen LogP contribution in [0.25, 0.3) is 6.08 Å². The van der Waals surface area contributed by atoms with Gasteiger partial charge in [0.2, 0.25) is 0 Å². The van der Waals surface area contributed by atoms with Crippen LogP contribution in [0.1, 0.15) is 37.9 Å². The maximum atomic E-state index is 13.6. The van der Waals surface area contributed by atoms with E-state index in [0.29, 0.717) is 33.0 Å². The van der Waals surface area contributed by atoms with Gasteiger partial charge >= 0.3 is 5.97 Å². The smallest absolute Gasteiger partial charge is 0.338 e. The standard InChI is InChI=1S/C25H24N2O4S/c1-4-30-19-14-10-9-13-18(19)15-20-23(28)27-22(17-11-7-6-8-12-17)21(24(29)31-5-2)16(3)26-25(27)32-20/h6-15,22H,4-5H2,1-3H3/b20-15-/t22-/m1/s1. The molecule has 0 unspecified atom stereocenters. The molecule has 0 bridgehead atoms. The molecule has 2 heterocycles. The molecule has 7 heteroatoms. The lowest BCUT2D eigenvalue weighted by atomic mass is 9.96. The first kappa shape index (κ1) is 21.8. The van der Waals surface area contributed by atoms with Gasteiger partial charge in [0.25, 0.3) is 5.56 Å². The molecule has 6 nitrogen and oxygen atoms in total. The second-order valence-corrected chi connectivity index (χ2v) is 8.19. The quantitative estimate of drug-likeness (QED) is 0.543. The van der Waals surface area contributed by atoms with Crippen molar-refractivity contribution in [2.24, 2.45) is 4.99 Å². The third-order valence-corrected chi connectivity index (χ3v) is 6.12. The largest absolute Gasteiger partial charge is 0.493 e. The zero-order chi connectivity index (χ0) is 22.7. The predicted octanol–water partition coefficient (Wildman–Crippen LogP) is 3.20. The van der Waals surface area contributed by atoms with Gasteiger partial charge in [-0.15, -0.1) is 0 Å². The summed E-state index contributed by atoms with van der Waals surface area (Å²) < 4.78 is 13.1. The molecule has 0 radical (unpaired) electrons. The summed E-state index contributed by atoms with van der Waals surface area (Å²) in [6.07, 6.45) is 1.82. The summed E-state index contributed by atoms with van der Waals surface area (Å²) in [4.78, 5) is 31.6. The van der Waals surface area contributed by atoms with Crippen LogP contribution in [0.3, 0.4) is 0 Å². The fraction of sp³-hybridized carbons (Fsp3) is 0.240. The highest BCUT2D eigenvalue weighted by Gasteiger charge is 2.33. The summed E-state index contributed by atoms with van der Waals surface area (Å²) in [5, 5.41) is 0. The Labute approximate surface area is 189 Å². The highest BCUT2D eigenvalue weighted by molar-refractivity contribution is 7.07. The topological polar surface area (TPSA) is 69.9 Å². The van der Waals surface area contributed by atoms with E-state index in [2.05, 4.69) is 4.99 Å². The maximum absolute atomic E-state index is 13.6. The third-order valence-electron chi connectivity index (χ3n) is 5.14. The van der Waals surface area contributed by atoms with Gasteiger partial charge in [0.05, 0.1) is 35.1 Å². The second-order valence-electron chi connectivity index (χ2n) is 7.18. The Balaban J connectivity index is 1.94. The number of hydrogen-bond acceptors (Lipinski definition) is 6. The van der Waals surface area contributed by atoms with E-state index in [-0.39, 0.29) is 12.2 Å². The van der Waals surface area contributed by atoms with E-state index >= 15 is 0 Å². The van der Waals surface area contributed by atoms with Crippen molar-refractivity contribution >= 4 is 23.4 Å². The second kappa shape index (κ2) is 9.36. The number of rotatable bonds is 6. The fourth-order valence-electron chi connectivity index (χ4n) is 3.77. The van der Waals surface area contributed by atoms with Crippen molar-refractivity contribution in [3.8, 4) is 5.75 Å². The Morgan fingerprint density at radius 3 is 2.53 bits per heavy atom. The van der Waals surface area contributed by atoms with Crippen LogP contribution in [0.5, 0.6) is 5.75 Å². The van der Waals surface area contributed by atoms with E-state index in [1.165, 1.54) is 11.3 Å². The van der Waals surface area contributed by atoms with Gasteiger partial charge < -0.3 is 9.47 Å². The lowest BCUT2D eigenvalue weighted by Gasteiger charge is -2.24. The summed E-state index contributed by atoms with van der Waals surface area (Å²) in [6.45, 7) is 6.24. The number of ether oxygens (including phenoxy) is 2.